The molecule has 3 heteroatoms. The summed E-state index contributed by atoms with van der Waals surface area (Å²) in [5.74, 6) is 0.358. The number of benzene rings is 1. The van der Waals surface area contributed by atoms with Crippen molar-refractivity contribution in [3.05, 3.63) is 35.4 Å². The largest absolute Gasteiger partial charge is 0.465 e. The summed E-state index contributed by atoms with van der Waals surface area (Å²) in [6.45, 7) is 2.89. The number of ether oxygens (including phenoxy) is 2. The Hall–Kier alpha value is -1.35. The second-order valence-corrected chi connectivity index (χ2v) is 5.30. The maximum Gasteiger partial charge on any atom is 0.337 e. The van der Waals surface area contributed by atoms with Crippen LogP contribution in [0.25, 0.3) is 0 Å². The SMILES string of the molecule is COC(=O)c1ccc(COC2CCCCC2C)cc1. The van der Waals surface area contributed by atoms with Crippen molar-refractivity contribution in [1.29, 1.82) is 0 Å². The predicted molar refractivity (Wildman–Crippen MR) is 74.0 cm³/mol. The van der Waals surface area contributed by atoms with Gasteiger partial charge in [-0.05, 0) is 36.5 Å². The van der Waals surface area contributed by atoms with Gasteiger partial charge < -0.3 is 9.47 Å². The lowest BCUT2D eigenvalue weighted by atomic mass is 9.88. The van der Waals surface area contributed by atoms with E-state index in [0.717, 1.165) is 5.56 Å². The van der Waals surface area contributed by atoms with Crippen LogP contribution < -0.4 is 0 Å². The number of carbonyl (C=O) groups excluding carboxylic acids is 1. The van der Waals surface area contributed by atoms with Crippen LogP contribution in [0.1, 0.15) is 48.5 Å². The van der Waals surface area contributed by atoms with Crippen LogP contribution in [0, 0.1) is 5.92 Å². The highest BCUT2D eigenvalue weighted by Crippen LogP contribution is 2.27. The van der Waals surface area contributed by atoms with Crippen molar-refractivity contribution in [3.8, 4) is 0 Å². The summed E-state index contributed by atoms with van der Waals surface area (Å²) in [5, 5.41) is 0. The summed E-state index contributed by atoms with van der Waals surface area (Å²) < 4.78 is 10.7. The topological polar surface area (TPSA) is 35.5 Å². The van der Waals surface area contributed by atoms with Crippen LogP contribution in [-0.4, -0.2) is 19.2 Å². The lowest BCUT2D eigenvalue weighted by Gasteiger charge is -2.28. The maximum absolute atomic E-state index is 11.3. The van der Waals surface area contributed by atoms with E-state index in [9.17, 15) is 4.79 Å². The minimum Gasteiger partial charge on any atom is -0.465 e. The minimum atomic E-state index is -0.298. The molecule has 104 valence electrons. The fraction of sp³-hybridized carbons (Fsp3) is 0.562. The van der Waals surface area contributed by atoms with Crippen molar-refractivity contribution in [2.24, 2.45) is 5.92 Å². The summed E-state index contributed by atoms with van der Waals surface area (Å²) in [6, 6.07) is 7.43. The Bertz CT molecular complexity index is 411. The Kier molecular flexibility index (Phi) is 4.97. The first-order chi connectivity index (χ1) is 9.20. The van der Waals surface area contributed by atoms with Crippen LogP contribution >= 0.6 is 0 Å². The molecule has 0 radical (unpaired) electrons. The highest BCUT2D eigenvalue weighted by molar-refractivity contribution is 5.89. The molecule has 1 saturated carbocycles. The van der Waals surface area contributed by atoms with Crippen LogP contribution in [0.3, 0.4) is 0 Å². The average Bonchev–Trinajstić information content (AvgIpc) is 2.46. The first-order valence-electron chi connectivity index (χ1n) is 6.99. The van der Waals surface area contributed by atoms with Crippen LogP contribution in [0.5, 0.6) is 0 Å². The van der Waals surface area contributed by atoms with Gasteiger partial charge in [0.15, 0.2) is 0 Å². The highest BCUT2D eigenvalue weighted by atomic mass is 16.5. The number of hydrogen-bond donors (Lipinski definition) is 0. The maximum atomic E-state index is 11.3. The first kappa shape index (κ1) is 14.1. The minimum absolute atomic E-state index is 0.298. The second-order valence-electron chi connectivity index (χ2n) is 5.30. The molecular formula is C16H22O3. The van der Waals surface area contributed by atoms with E-state index in [1.54, 1.807) is 12.1 Å². The third-order valence-electron chi connectivity index (χ3n) is 3.87. The van der Waals surface area contributed by atoms with Crippen molar-refractivity contribution in [3.63, 3.8) is 0 Å². The Balaban J connectivity index is 1.87. The Morgan fingerprint density at radius 2 is 1.89 bits per heavy atom. The molecule has 0 spiro atoms. The first-order valence-corrected chi connectivity index (χ1v) is 6.99. The lowest BCUT2D eigenvalue weighted by Crippen LogP contribution is -2.25. The fourth-order valence-corrected chi connectivity index (χ4v) is 2.59. The molecule has 3 nitrogen and oxygen atoms in total. The Morgan fingerprint density at radius 1 is 1.21 bits per heavy atom. The van der Waals surface area contributed by atoms with Crippen LogP contribution in [0.15, 0.2) is 24.3 Å². The third kappa shape index (κ3) is 3.80. The molecule has 1 aliphatic carbocycles. The zero-order chi connectivity index (χ0) is 13.7. The third-order valence-corrected chi connectivity index (χ3v) is 3.87. The van der Waals surface area contributed by atoms with Crippen molar-refractivity contribution in [2.45, 2.75) is 45.3 Å². The standard InChI is InChI=1S/C16H22O3/c1-12-5-3-4-6-15(12)19-11-13-7-9-14(10-8-13)16(17)18-2/h7-10,12,15H,3-6,11H2,1-2H3. The van der Waals surface area contributed by atoms with Crippen LogP contribution in [-0.2, 0) is 16.1 Å². The fourth-order valence-electron chi connectivity index (χ4n) is 2.59. The van der Waals surface area contributed by atoms with Gasteiger partial charge in [-0.15, -0.1) is 0 Å². The van der Waals surface area contributed by atoms with Gasteiger partial charge in [0.2, 0.25) is 0 Å². The van der Waals surface area contributed by atoms with Crippen LogP contribution in [0.2, 0.25) is 0 Å². The van der Waals surface area contributed by atoms with Gasteiger partial charge in [-0.2, -0.15) is 0 Å². The molecular weight excluding hydrogens is 240 g/mol. The van der Waals surface area contributed by atoms with Crippen molar-refractivity contribution < 1.29 is 14.3 Å². The molecule has 0 bridgehead atoms. The monoisotopic (exact) mass is 262 g/mol. The van der Waals surface area contributed by atoms with Gasteiger partial charge in [0, 0.05) is 0 Å². The van der Waals surface area contributed by atoms with E-state index >= 15 is 0 Å². The van der Waals surface area contributed by atoms with E-state index in [1.807, 2.05) is 12.1 Å². The molecule has 0 N–H and O–H groups in total. The van der Waals surface area contributed by atoms with Crippen molar-refractivity contribution in [2.75, 3.05) is 7.11 Å². The molecule has 1 aromatic rings. The summed E-state index contributed by atoms with van der Waals surface area (Å²) >= 11 is 0. The van der Waals surface area contributed by atoms with E-state index in [2.05, 4.69) is 11.7 Å². The smallest absolute Gasteiger partial charge is 0.337 e. The van der Waals surface area contributed by atoms with E-state index < -0.39 is 0 Å². The molecule has 2 rings (SSSR count). The van der Waals surface area contributed by atoms with Crippen molar-refractivity contribution >= 4 is 5.97 Å². The molecule has 0 aromatic heterocycles. The number of carbonyl (C=O) groups is 1. The van der Waals surface area contributed by atoms with E-state index in [0.29, 0.717) is 24.2 Å². The second kappa shape index (κ2) is 6.71. The summed E-state index contributed by atoms with van der Waals surface area (Å²) in [5.41, 5.74) is 1.68. The number of rotatable bonds is 4. The predicted octanol–water partition coefficient (Wildman–Crippen LogP) is 3.57. The summed E-state index contributed by atoms with van der Waals surface area (Å²) in [6.07, 6.45) is 5.42. The van der Waals surface area contributed by atoms with Crippen LogP contribution in [0.4, 0.5) is 0 Å². The summed E-state index contributed by atoms with van der Waals surface area (Å²) in [4.78, 5) is 11.3. The molecule has 0 heterocycles. The Morgan fingerprint density at radius 3 is 2.53 bits per heavy atom. The molecule has 2 atom stereocenters. The summed E-state index contributed by atoms with van der Waals surface area (Å²) in [7, 11) is 1.39. The molecule has 0 amide bonds. The van der Waals surface area contributed by atoms with Gasteiger partial charge in [0.25, 0.3) is 0 Å². The van der Waals surface area contributed by atoms with Gasteiger partial charge in [-0.25, -0.2) is 4.79 Å². The van der Waals surface area contributed by atoms with E-state index in [-0.39, 0.29) is 5.97 Å². The van der Waals surface area contributed by atoms with Gasteiger partial charge >= 0.3 is 5.97 Å². The average molecular weight is 262 g/mol. The normalized spacial score (nSPS) is 23.1. The van der Waals surface area contributed by atoms with Gasteiger partial charge in [-0.1, -0.05) is 31.9 Å². The zero-order valence-corrected chi connectivity index (χ0v) is 11.7. The number of esters is 1. The number of hydrogen-bond acceptors (Lipinski definition) is 3. The van der Waals surface area contributed by atoms with E-state index in [1.165, 1.54) is 32.8 Å². The van der Waals surface area contributed by atoms with Gasteiger partial charge in [-0.3, -0.25) is 0 Å². The molecule has 0 aliphatic heterocycles. The van der Waals surface area contributed by atoms with Crippen molar-refractivity contribution in [1.82, 2.24) is 0 Å². The highest BCUT2D eigenvalue weighted by Gasteiger charge is 2.21. The van der Waals surface area contributed by atoms with E-state index in [4.69, 9.17) is 4.74 Å². The molecule has 1 aliphatic rings. The molecule has 1 aromatic carbocycles. The lowest BCUT2D eigenvalue weighted by molar-refractivity contribution is -0.0154. The molecule has 19 heavy (non-hydrogen) atoms. The van der Waals surface area contributed by atoms with Gasteiger partial charge in [0.05, 0.1) is 25.4 Å². The quantitative estimate of drug-likeness (QED) is 0.778. The molecule has 1 fully saturated rings. The molecule has 2 unspecified atom stereocenters. The number of methoxy groups -OCH3 is 1. The Labute approximate surface area is 114 Å². The molecule has 0 saturated heterocycles. The van der Waals surface area contributed by atoms with Gasteiger partial charge in [0.1, 0.15) is 0 Å². The zero-order valence-electron chi connectivity index (χ0n) is 11.7.